The summed E-state index contributed by atoms with van der Waals surface area (Å²) in [5.41, 5.74) is 5.80. The van der Waals surface area contributed by atoms with Crippen molar-refractivity contribution in [3.05, 3.63) is 131 Å². The summed E-state index contributed by atoms with van der Waals surface area (Å²) in [4.78, 5) is 34.1. The fourth-order valence-corrected chi connectivity index (χ4v) is 7.68. The second kappa shape index (κ2) is 12.2. The molecule has 0 saturated carbocycles. The van der Waals surface area contributed by atoms with E-state index in [1.807, 2.05) is 103 Å². The molecule has 1 saturated heterocycles. The van der Waals surface area contributed by atoms with E-state index in [2.05, 4.69) is 15.3 Å². The fourth-order valence-electron chi connectivity index (χ4n) is 7.68. The Balaban J connectivity index is 1.26. The van der Waals surface area contributed by atoms with Crippen molar-refractivity contribution >= 4 is 55.4 Å². The van der Waals surface area contributed by atoms with E-state index in [0.29, 0.717) is 43.8 Å². The van der Waals surface area contributed by atoms with Gasteiger partial charge in [0.2, 0.25) is 0 Å². The van der Waals surface area contributed by atoms with Crippen LogP contribution in [0.15, 0.2) is 103 Å². The maximum Gasteiger partial charge on any atom is 0.259 e. The largest absolute Gasteiger partial charge is 0.387 e. The van der Waals surface area contributed by atoms with E-state index in [4.69, 9.17) is 14.2 Å². The summed E-state index contributed by atoms with van der Waals surface area (Å²) >= 11 is 0. The summed E-state index contributed by atoms with van der Waals surface area (Å²) < 4.78 is 34.1. The summed E-state index contributed by atoms with van der Waals surface area (Å²) in [6.45, 7) is -0.625. The predicted octanol–water partition coefficient (Wildman–Crippen LogP) is 6.78. The summed E-state index contributed by atoms with van der Waals surface area (Å²) in [6, 6.07) is 32.4. The monoisotopic (exact) mass is 669 g/mol. The molecule has 4 N–H and O–H groups in total. The van der Waals surface area contributed by atoms with Crippen molar-refractivity contribution in [3.63, 3.8) is 0 Å². The number of para-hydroxylation sites is 1. The standard InChI is InChI=1S/C40H32FN3O6/c41-18-27-35(45)37(48-19-21-10-3-1-4-11-21)38(49-20-22-12-5-2-6-13-22)36(50-27)24-15-9-17-26-28(24)30-32-31(39(46)44-40(32)47)29-23-14-7-8-16-25(23)42-33(29)34(30)43-26/h1-17,27,35-38,42-43,45H,18-20H2,(H,44,46,47)/t27-,35+,36+,37+,38+/m1/s1. The molecule has 7 aromatic rings. The first-order valence-corrected chi connectivity index (χ1v) is 16.6. The Bertz CT molecular complexity index is 2420. The number of benzene rings is 5. The zero-order chi connectivity index (χ0) is 33.9. The van der Waals surface area contributed by atoms with Gasteiger partial charge in [0, 0.05) is 32.6 Å². The van der Waals surface area contributed by atoms with Crippen molar-refractivity contribution in [2.24, 2.45) is 0 Å². The summed E-state index contributed by atoms with van der Waals surface area (Å²) in [5, 5.41) is 16.7. The zero-order valence-corrected chi connectivity index (χ0v) is 26.7. The van der Waals surface area contributed by atoms with Gasteiger partial charge in [0.15, 0.2) is 0 Å². The quantitative estimate of drug-likeness (QED) is 0.132. The minimum atomic E-state index is -1.33. The maximum atomic E-state index is 14.7. The highest BCUT2D eigenvalue weighted by atomic mass is 19.1. The molecule has 0 bridgehead atoms. The van der Waals surface area contributed by atoms with Crippen LogP contribution < -0.4 is 5.32 Å². The second-order valence-corrected chi connectivity index (χ2v) is 12.9. The van der Waals surface area contributed by atoms with Crippen LogP contribution in [-0.2, 0) is 27.4 Å². The minimum Gasteiger partial charge on any atom is -0.387 e. The van der Waals surface area contributed by atoms with Crippen LogP contribution in [0.5, 0.6) is 0 Å². The van der Waals surface area contributed by atoms with Crippen LogP contribution in [0.4, 0.5) is 4.39 Å². The number of hydrogen-bond acceptors (Lipinski definition) is 6. The lowest BCUT2D eigenvalue weighted by Gasteiger charge is -2.44. The molecule has 1 fully saturated rings. The van der Waals surface area contributed by atoms with E-state index < -0.39 is 49.0 Å². The number of carbonyl (C=O) groups excluding carboxylic acids is 2. The topological polar surface area (TPSA) is 126 Å². The molecule has 5 aromatic carbocycles. The van der Waals surface area contributed by atoms with Crippen LogP contribution in [0, 0.1) is 0 Å². The number of nitrogens with one attached hydrogen (secondary N) is 3. The van der Waals surface area contributed by atoms with Crippen LogP contribution in [0.1, 0.15) is 43.5 Å². The lowest BCUT2D eigenvalue weighted by atomic mass is 9.87. The van der Waals surface area contributed by atoms with E-state index in [-0.39, 0.29) is 18.8 Å². The van der Waals surface area contributed by atoms with E-state index >= 15 is 0 Å². The summed E-state index contributed by atoms with van der Waals surface area (Å²) in [5.74, 6) is -0.970. The molecule has 2 aromatic heterocycles. The lowest BCUT2D eigenvalue weighted by Crippen LogP contribution is -2.56. The molecule has 0 radical (unpaired) electrons. The van der Waals surface area contributed by atoms with Gasteiger partial charge in [-0.25, -0.2) is 4.39 Å². The molecule has 5 atom stereocenters. The molecule has 10 heteroatoms. The Morgan fingerprint density at radius 1 is 0.660 bits per heavy atom. The molecule has 50 heavy (non-hydrogen) atoms. The van der Waals surface area contributed by atoms with Crippen LogP contribution in [-0.4, -0.2) is 58.0 Å². The van der Waals surface area contributed by atoms with Crippen LogP contribution in [0.25, 0.3) is 43.6 Å². The molecule has 9 rings (SSSR count). The Kier molecular flexibility index (Phi) is 7.47. The summed E-state index contributed by atoms with van der Waals surface area (Å²) in [7, 11) is 0. The van der Waals surface area contributed by atoms with Gasteiger partial charge in [-0.05, 0) is 28.8 Å². The van der Waals surface area contributed by atoms with Crippen molar-refractivity contribution in [1.29, 1.82) is 0 Å². The van der Waals surface area contributed by atoms with E-state index in [1.54, 1.807) is 0 Å². The number of aromatic amines is 2. The summed E-state index contributed by atoms with van der Waals surface area (Å²) in [6.07, 6.45) is -5.35. The van der Waals surface area contributed by atoms with Gasteiger partial charge in [0.05, 0.1) is 35.4 Å². The number of fused-ring (bicyclic) bond motifs is 10. The molecule has 4 heterocycles. The fraction of sp³-hybridized carbons (Fsp3) is 0.200. The van der Waals surface area contributed by atoms with E-state index in [1.165, 1.54) is 0 Å². The normalized spacial score (nSPS) is 22.2. The van der Waals surface area contributed by atoms with Gasteiger partial charge in [-0.3, -0.25) is 14.9 Å². The number of aromatic nitrogens is 2. The number of carbonyl (C=O) groups is 2. The van der Waals surface area contributed by atoms with Gasteiger partial charge in [-0.15, -0.1) is 0 Å². The third-order valence-corrected chi connectivity index (χ3v) is 9.93. The first-order valence-electron chi connectivity index (χ1n) is 16.6. The van der Waals surface area contributed by atoms with Crippen molar-refractivity contribution < 1.29 is 33.3 Å². The number of amides is 2. The van der Waals surface area contributed by atoms with Gasteiger partial charge < -0.3 is 29.3 Å². The van der Waals surface area contributed by atoms with Crippen molar-refractivity contribution in [2.75, 3.05) is 6.67 Å². The van der Waals surface area contributed by atoms with E-state index in [9.17, 15) is 19.1 Å². The highest BCUT2D eigenvalue weighted by Crippen LogP contribution is 2.46. The second-order valence-electron chi connectivity index (χ2n) is 12.9. The first kappa shape index (κ1) is 30.7. The molecule has 2 aliphatic heterocycles. The Labute approximate surface area is 285 Å². The third kappa shape index (κ3) is 4.83. The number of ether oxygens (including phenoxy) is 3. The first-order chi connectivity index (χ1) is 24.5. The number of imide groups is 1. The van der Waals surface area contributed by atoms with Crippen LogP contribution in [0.2, 0.25) is 0 Å². The van der Waals surface area contributed by atoms with Crippen molar-refractivity contribution in [2.45, 2.75) is 43.7 Å². The minimum absolute atomic E-state index is 0.158. The predicted molar refractivity (Wildman–Crippen MR) is 187 cm³/mol. The number of halogens is 1. The highest BCUT2D eigenvalue weighted by molar-refractivity contribution is 6.39. The third-order valence-electron chi connectivity index (χ3n) is 9.93. The Morgan fingerprint density at radius 2 is 1.24 bits per heavy atom. The van der Waals surface area contributed by atoms with Crippen LogP contribution >= 0.6 is 0 Å². The van der Waals surface area contributed by atoms with Crippen molar-refractivity contribution in [3.8, 4) is 0 Å². The highest BCUT2D eigenvalue weighted by Gasteiger charge is 2.48. The molecule has 2 amide bonds. The molecule has 250 valence electrons. The molecule has 2 aliphatic rings. The van der Waals surface area contributed by atoms with Gasteiger partial charge >= 0.3 is 0 Å². The van der Waals surface area contributed by atoms with Gasteiger partial charge in [-0.2, -0.15) is 0 Å². The van der Waals surface area contributed by atoms with Gasteiger partial charge in [0.25, 0.3) is 11.8 Å². The number of aliphatic hydroxyl groups excluding tert-OH is 1. The smallest absolute Gasteiger partial charge is 0.259 e. The molecule has 0 aliphatic carbocycles. The molecular formula is C40H32FN3O6. The SMILES string of the molecule is O=C1NC(=O)c2c1c1c3ccccc3[nH]c1c1[nH]c3cccc([C@@H]4O[C@H](CF)[C@H](O)[C@H](OCc5ccccc5)[C@H]4OCc4ccccc4)c3c21. The molecule has 0 spiro atoms. The number of alkyl halides is 1. The van der Waals surface area contributed by atoms with Crippen LogP contribution in [0.3, 0.4) is 0 Å². The Morgan fingerprint density at radius 3 is 1.94 bits per heavy atom. The Hall–Kier alpha value is -5.39. The van der Waals surface area contributed by atoms with E-state index in [0.717, 1.165) is 22.0 Å². The number of H-pyrrole nitrogens is 2. The average molecular weight is 670 g/mol. The van der Waals surface area contributed by atoms with Gasteiger partial charge in [-0.1, -0.05) is 91.0 Å². The molecular weight excluding hydrogens is 637 g/mol. The zero-order valence-electron chi connectivity index (χ0n) is 26.7. The molecule has 9 nitrogen and oxygen atoms in total. The average Bonchev–Trinajstić information content (AvgIpc) is 3.81. The number of rotatable bonds is 8. The number of aliphatic hydroxyl groups is 1. The number of hydrogen-bond donors (Lipinski definition) is 4. The van der Waals surface area contributed by atoms with Gasteiger partial charge in [0.1, 0.15) is 37.2 Å². The molecule has 0 unspecified atom stereocenters. The maximum absolute atomic E-state index is 14.7. The van der Waals surface area contributed by atoms with Crippen molar-refractivity contribution in [1.82, 2.24) is 15.3 Å². The lowest BCUT2D eigenvalue weighted by molar-refractivity contribution is -0.256.